The predicted octanol–water partition coefficient (Wildman–Crippen LogP) is 4.63. The second-order valence-electron chi connectivity index (χ2n) is 6.22. The predicted molar refractivity (Wildman–Crippen MR) is 85.9 cm³/mol. The topological polar surface area (TPSA) is 18.5 Å². The quantitative estimate of drug-likeness (QED) is 0.596. The Morgan fingerprint density at radius 1 is 1.10 bits per heavy atom. The highest BCUT2D eigenvalue weighted by molar-refractivity contribution is 6.55. The van der Waals surface area contributed by atoms with Gasteiger partial charge in [-0.1, -0.05) is 30.3 Å². The standard InChI is InChI=1S/C16H21BClFO2/c1-15(2)16(3,4)21-17(20-15)14(19)13(10-11-18)12-8-6-5-7-9-12/h5-9H,10-11H2,1-4H3. The van der Waals surface area contributed by atoms with E-state index in [0.29, 0.717) is 17.9 Å². The van der Waals surface area contributed by atoms with E-state index in [1.807, 2.05) is 58.0 Å². The first-order valence-electron chi connectivity index (χ1n) is 7.14. The lowest BCUT2D eigenvalue weighted by atomic mass is 9.82. The Morgan fingerprint density at radius 2 is 1.62 bits per heavy atom. The molecule has 1 saturated heterocycles. The molecule has 114 valence electrons. The molecule has 1 aliphatic heterocycles. The summed E-state index contributed by atoms with van der Waals surface area (Å²) >= 11 is 5.83. The van der Waals surface area contributed by atoms with Crippen molar-refractivity contribution in [2.24, 2.45) is 0 Å². The van der Waals surface area contributed by atoms with Crippen LogP contribution in [0.25, 0.3) is 5.57 Å². The van der Waals surface area contributed by atoms with Crippen LogP contribution < -0.4 is 0 Å². The van der Waals surface area contributed by atoms with Gasteiger partial charge in [-0.25, -0.2) is 4.39 Å². The van der Waals surface area contributed by atoms with Crippen LogP contribution in [0, 0.1) is 0 Å². The lowest BCUT2D eigenvalue weighted by molar-refractivity contribution is 0.00578. The number of allylic oxidation sites excluding steroid dienone is 1. The van der Waals surface area contributed by atoms with E-state index in [1.165, 1.54) is 0 Å². The van der Waals surface area contributed by atoms with E-state index in [9.17, 15) is 4.39 Å². The summed E-state index contributed by atoms with van der Waals surface area (Å²) in [6.45, 7) is 7.63. The van der Waals surface area contributed by atoms with Gasteiger partial charge in [0.25, 0.3) is 0 Å². The summed E-state index contributed by atoms with van der Waals surface area (Å²) < 4.78 is 26.5. The van der Waals surface area contributed by atoms with Crippen molar-refractivity contribution in [3.8, 4) is 0 Å². The van der Waals surface area contributed by atoms with Gasteiger partial charge in [0.05, 0.1) is 11.2 Å². The van der Waals surface area contributed by atoms with Crippen LogP contribution in [0.1, 0.15) is 39.7 Å². The monoisotopic (exact) mass is 310 g/mol. The van der Waals surface area contributed by atoms with Gasteiger partial charge in [-0.15, -0.1) is 11.6 Å². The van der Waals surface area contributed by atoms with Crippen LogP contribution >= 0.6 is 11.6 Å². The fraction of sp³-hybridized carbons (Fsp3) is 0.500. The Balaban J connectivity index is 2.36. The normalized spacial score (nSPS) is 21.3. The molecule has 0 amide bonds. The van der Waals surface area contributed by atoms with Crippen LogP contribution in [0.5, 0.6) is 0 Å². The second-order valence-corrected chi connectivity index (χ2v) is 6.60. The molecule has 0 N–H and O–H groups in total. The van der Waals surface area contributed by atoms with Crippen molar-refractivity contribution in [1.29, 1.82) is 0 Å². The van der Waals surface area contributed by atoms with Crippen LogP contribution in [0.4, 0.5) is 4.39 Å². The zero-order valence-corrected chi connectivity index (χ0v) is 13.7. The van der Waals surface area contributed by atoms with Crippen molar-refractivity contribution >= 4 is 24.3 Å². The van der Waals surface area contributed by atoms with E-state index in [2.05, 4.69) is 0 Å². The van der Waals surface area contributed by atoms with Gasteiger partial charge in [0.1, 0.15) is 5.73 Å². The van der Waals surface area contributed by atoms with Gasteiger partial charge in [0.2, 0.25) is 0 Å². The first-order valence-corrected chi connectivity index (χ1v) is 7.67. The maximum atomic E-state index is 14.9. The molecule has 0 spiro atoms. The van der Waals surface area contributed by atoms with Crippen molar-refractivity contribution in [1.82, 2.24) is 0 Å². The van der Waals surface area contributed by atoms with E-state index in [1.54, 1.807) is 0 Å². The molecule has 21 heavy (non-hydrogen) atoms. The lowest BCUT2D eigenvalue weighted by Crippen LogP contribution is -2.41. The minimum absolute atomic E-state index is 0.344. The minimum Gasteiger partial charge on any atom is -0.398 e. The third-order valence-electron chi connectivity index (χ3n) is 4.22. The Bertz CT molecular complexity index is 512. The van der Waals surface area contributed by atoms with Crippen LogP contribution in [-0.2, 0) is 9.31 Å². The molecule has 1 heterocycles. The number of hydrogen-bond acceptors (Lipinski definition) is 2. The average Bonchev–Trinajstić information content (AvgIpc) is 2.65. The van der Waals surface area contributed by atoms with E-state index >= 15 is 0 Å². The molecule has 1 fully saturated rings. The second kappa shape index (κ2) is 6.11. The van der Waals surface area contributed by atoms with Gasteiger partial charge in [0, 0.05) is 5.88 Å². The third kappa shape index (κ3) is 3.33. The first-order chi connectivity index (χ1) is 9.78. The molecule has 0 radical (unpaired) electrons. The Labute approximate surface area is 131 Å². The highest BCUT2D eigenvalue weighted by atomic mass is 35.5. The number of hydrogen-bond donors (Lipinski definition) is 0. The molecule has 5 heteroatoms. The third-order valence-corrected chi connectivity index (χ3v) is 4.40. The van der Waals surface area contributed by atoms with Crippen LogP contribution in [0.2, 0.25) is 0 Å². The largest absolute Gasteiger partial charge is 0.525 e. The van der Waals surface area contributed by atoms with Gasteiger partial charge in [-0.3, -0.25) is 0 Å². The SMILES string of the molecule is CC1(C)OB(C(F)=C(CCCl)c2ccccc2)OC1(C)C. The summed E-state index contributed by atoms with van der Waals surface area (Å²) in [7, 11) is -0.978. The molecule has 1 aliphatic rings. The molecule has 2 nitrogen and oxygen atoms in total. The molecular weight excluding hydrogens is 289 g/mol. The fourth-order valence-electron chi connectivity index (χ4n) is 2.22. The van der Waals surface area contributed by atoms with E-state index in [0.717, 1.165) is 5.56 Å². The van der Waals surface area contributed by atoms with Crippen LogP contribution in [-0.4, -0.2) is 24.2 Å². The average molecular weight is 311 g/mol. The van der Waals surface area contributed by atoms with Crippen molar-refractivity contribution in [3.05, 3.63) is 41.6 Å². The maximum Gasteiger partial charge on any atom is 0.525 e. The van der Waals surface area contributed by atoms with Crippen molar-refractivity contribution in [2.75, 3.05) is 5.88 Å². The smallest absolute Gasteiger partial charge is 0.398 e. The number of rotatable bonds is 4. The number of halogens is 2. The molecule has 0 atom stereocenters. The Hall–Kier alpha value is -0.835. The molecule has 0 saturated carbocycles. The summed E-state index contributed by atoms with van der Waals surface area (Å²) in [6, 6.07) is 9.38. The van der Waals surface area contributed by atoms with Crippen LogP contribution in [0.15, 0.2) is 36.1 Å². The molecular formula is C16H21BClFO2. The minimum atomic E-state index is -0.978. The molecule has 0 unspecified atom stereocenters. The molecule has 1 aromatic carbocycles. The van der Waals surface area contributed by atoms with Gasteiger partial charge < -0.3 is 9.31 Å². The van der Waals surface area contributed by atoms with Gasteiger partial charge in [-0.2, -0.15) is 0 Å². The summed E-state index contributed by atoms with van der Waals surface area (Å²) in [5.41, 5.74) is -0.148. The molecule has 0 bridgehead atoms. The summed E-state index contributed by atoms with van der Waals surface area (Å²) in [5, 5.41) is 0. The van der Waals surface area contributed by atoms with Gasteiger partial charge in [-0.05, 0) is 45.3 Å². The molecule has 0 aromatic heterocycles. The zero-order valence-electron chi connectivity index (χ0n) is 13.0. The molecule has 1 aromatic rings. The van der Waals surface area contributed by atoms with E-state index < -0.39 is 18.3 Å². The zero-order chi connectivity index (χ0) is 15.7. The highest BCUT2D eigenvalue weighted by Crippen LogP contribution is 2.40. The molecule has 2 rings (SSSR count). The summed E-state index contributed by atoms with van der Waals surface area (Å²) in [4.78, 5) is 0. The summed E-state index contributed by atoms with van der Waals surface area (Å²) in [6.07, 6.45) is 0.432. The van der Waals surface area contributed by atoms with Crippen LogP contribution in [0.3, 0.4) is 0 Å². The highest BCUT2D eigenvalue weighted by Gasteiger charge is 2.53. The molecule has 0 aliphatic carbocycles. The summed E-state index contributed by atoms with van der Waals surface area (Å²) in [5.74, 6) is 0.344. The van der Waals surface area contributed by atoms with E-state index in [4.69, 9.17) is 20.9 Å². The Morgan fingerprint density at radius 3 is 2.10 bits per heavy atom. The van der Waals surface area contributed by atoms with Gasteiger partial charge in [0.15, 0.2) is 0 Å². The van der Waals surface area contributed by atoms with Gasteiger partial charge >= 0.3 is 7.12 Å². The van der Waals surface area contributed by atoms with E-state index in [-0.39, 0.29) is 5.73 Å². The number of benzene rings is 1. The first kappa shape index (κ1) is 16.5. The number of alkyl halides is 1. The van der Waals surface area contributed by atoms with Crippen molar-refractivity contribution in [2.45, 2.75) is 45.3 Å². The Kier molecular flexibility index (Phi) is 4.81. The lowest BCUT2D eigenvalue weighted by Gasteiger charge is -2.32. The van der Waals surface area contributed by atoms with Crippen molar-refractivity contribution < 1.29 is 13.7 Å². The fourth-order valence-corrected chi connectivity index (χ4v) is 2.41. The maximum absolute atomic E-state index is 14.9. The van der Waals surface area contributed by atoms with Crippen molar-refractivity contribution in [3.63, 3.8) is 0 Å².